The Balaban J connectivity index is 1.61. The van der Waals surface area contributed by atoms with Crippen LogP contribution in [-0.2, 0) is 12.8 Å². The Morgan fingerprint density at radius 2 is 1.08 bits per heavy atom. The highest BCUT2D eigenvalue weighted by molar-refractivity contribution is 5.78. The Morgan fingerprint density at radius 3 is 1.50 bits per heavy atom. The summed E-state index contributed by atoms with van der Waals surface area (Å²) in [7, 11) is 0. The summed E-state index contributed by atoms with van der Waals surface area (Å²) in [6.07, 6.45) is 1.36. The fraction of sp³-hybridized carbons (Fsp3) is 0.300. The first-order valence-corrected chi connectivity index (χ1v) is 8.23. The van der Waals surface area contributed by atoms with Crippen molar-refractivity contribution in [1.29, 1.82) is 0 Å². The number of hydrogen-bond donors (Lipinski definition) is 0. The van der Waals surface area contributed by atoms with E-state index in [9.17, 15) is 0 Å². The summed E-state index contributed by atoms with van der Waals surface area (Å²) in [4.78, 5) is 9.20. The lowest BCUT2D eigenvalue weighted by atomic mass is 10.1. The molecule has 0 atom stereocenters. The Bertz CT molecular complexity index is 971. The van der Waals surface area contributed by atoms with E-state index in [-0.39, 0.29) is 0 Å². The fourth-order valence-corrected chi connectivity index (χ4v) is 3.27. The smallest absolute Gasteiger partial charge is 0.196 e. The first-order valence-electron chi connectivity index (χ1n) is 8.23. The van der Waals surface area contributed by atoms with Gasteiger partial charge in [0.15, 0.2) is 22.9 Å². The van der Waals surface area contributed by atoms with Crippen molar-refractivity contribution in [2.45, 2.75) is 40.5 Å². The molecule has 4 heteroatoms. The third-order valence-electron chi connectivity index (χ3n) is 4.28. The molecule has 4 aromatic rings. The van der Waals surface area contributed by atoms with Crippen LogP contribution in [0, 0.1) is 27.7 Å². The molecule has 0 unspecified atom stereocenters. The first-order chi connectivity index (χ1) is 11.5. The SMILES string of the molecule is Cc1cc(C)c2oc(CCc3nc4cc(C)cc(C)c4o3)nc2c1. The zero-order valence-corrected chi connectivity index (χ0v) is 14.4. The summed E-state index contributed by atoms with van der Waals surface area (Å²) in [5.41, 5.74) is 8.24. The highest BCUT2D eigenvalue weighted by Gasteiger charge is 2.12. The maximum absolute atomic E-state index is 5.91. The van der Waals surface area contributed by atoms with Crippen LogP contribution in [0.1, 0.15) is 34.0 Å². The molecule has 2 heterocycles. The second-order valence-electron chi connectivity index (χ2n) is 6.58. The largest absolute Gasteiger partial charge is 0.440 e. The molecule has 0 aliphatic heterocycles. The molecule has 0 radical (unpaired) electrons. The van der Waals surface area contributed by atoms with Crippen molar-refractivity contribution in [1.82, 2.24) is 9.97 Å². The lowest BCUT2D eigenvalue weighted by Crippen LogP contribution is -1.91. The Morgan fingerprint density at radius 1 is 0.667 bits per heavy atom. The number of aryl methyl sites for hydroxylation is 6. The molecular formula is C20H20N2O2. The third kappa shape index (κ3) is 2.58. The molecule has 4 nitrogen and oxygen atoms in total. The Labute approximate surface area is 140 Å². The number of rotatable bonds is 3. The van der Waals surface area contributed by atoms with E-state index >= 15 is 0 Å². The molecule has 24 heavy (non-hydrogen) atoms. The number of benzene rings is 2. The van der Waals surface area contributed by atoms with E-state index in [2.05, 4.69) is 61.9 Å². The summed E-state index contributed by atoms with van der Waals surface area (Å²) in [6, 6.07) is 8.34. The van der Waals surface area contributed by atoms with Crippen LogP contribution in [0.4, 0.5) is 0 Å². The summed E-state index contributed by atoms with van der Waals surface area (Å²) < 4.78 is 11.8. The van der Waals surface area contributed by atoms with Crippen LogP contribution < -0.4 is 0 Å². The summed E-state index contributed by atoms with van der Waals surface area (Å²) in [6.45, 7) is 8.25. The lowest BCUT2D eigenvalue weighted by molar-refractivity contribution is 0.486. The fourth-order valence-electron chi connectivity index (χ4n) is 3.27. The van der Waals surface area contributed by atoms with E-state index < -0.39 is 0 Å². The van der Waals surface area contributed by atoms with Crippen LogP contribution in [0.3, 0.4) is 0 Å². The standard InChI is InChI=1S/C20H20N2O2/c1-11-7-13(3)19-15(9-11)21-17(23-19)5-6-18-22-16-10-12(2)8-14(4)20(16)24-18/h7-10H,5-6H2,1-4H3. The van der Waals surface area contributed by atoms with Crippen LogP contribution in [-0.4, -0.2) is 9.97 Å². The van der Waals surface area contributed by atoms with Crippen molar-refractivity contribution in [2.24, 2.45) is 0 Å². The molecule has 0 saturated heterocycles. The van der Waals surface area contributed by atoms with Crippen LogP contribution in [0.25, 0.3) is 22.2 Å². The summed E-state index contributed by atoms with van der Waals surface area (Å²) in [5, 5.41) is 0. The van der Waals surface area contributed by atoms with Gasteiger partial charge in [-0.25, -0.2) is 9.97 Å². The van der Waals surface area contributed by atoms with Crippen molar-refractivity contribution in [3.05, 3.63) is 58.3 Å². The van der Waals surface area contributed by atoms with Crippen LogP contribution in [0.2, 0.25) is 0 Å². The highest BCUT2D eigenvalue weighted by Crippen LogP contribution is 2.24. The van der Waals surface area contributed by atoms with Crippen LogP contribution in [0.15, 0.2) is 33.1 Å². The molecule has 0 N–H and O–H groups in total. The molecule has 0 aliphatic rings. The van der Waals surface area contributed by atoms with E-state index in [1.165, 1.54) is 11.1 Å². The van der Waals surface area contributed by atoms with Crippen molar-refractivity contribution >= 4 is 22.2 Å². The van der Waals surface area contributed by atoms with Crippen LogP contribution >= 0.6 is 0 Å². The Hall–Kier alpha value is -2.62. The second-order valence-corrected chi connectivity index (χ2v) is 6.58. The topological polar surface area (TPSA) is 52.1 Å². The predicted molar refractivity (Wildman–Crippen MR) is 94.4 cm³/mol. The maximum Gasteiger partial charge on any atom is 0.196 e. The van der Waals surface area contributed by atoms with E-state index in [0.29, 0.717) is 12.8 Å². The monoisotopic (exact) mass is 320 g/mol. The average molecular weight is 320 g/mol. The Kier molecular flexibility index (Phi) is 3.41. The van der Waals surface area contributed by atoms with Crippen molar-refractivity contribution in [2.75, 3.05) is 0 Å². The summed E-state index contributed by atoms with van der Waals surface area (Å²) in [5.74, 6) is 1.46. The van der Waals surface area contributed by atoms with Gasteiger partial charge in [-0.15, -0.1) is 0 Å². The lowest BCUT2D eigenvalue weighted by Gasteiger charge is -1.95. The van der Waals surface area contributed by atoms with Gasteiger partial charge in [-0.2, -0.15) is 0 Å². The van der Waals surface area contributed by atoms with Gasteiger partial charge in [-0.1, -0.05) is 12.1 Å². The number of nitrogens with zero attached hydrogens (tertiary/aromatic N) is 2. The van der Waals surface area contributed by atoms with Crippen molar-refractivity contribution in [3.63, 3.8) is 0 Å². The molecule has 0 amide bonds. The maximum atomic E-state index is 5.91. The zero-order chi connectivity index (χ0) is 16.8. The van der Waals surface area contributed by atoms with E-state index in [1.807, 2.05) is 0 Å². The normalized spacial score (nSPS) is 11.7. The van der Waals surface area contributed by atoms with Gasteiger partial charge in [0.1, 0.15) is 11.0 Å². The van der Waals surface area contributed by atoms with E-state index in [4.69, 9.17) is 8.83 Å². The van der Waals surface area contributed by atoms with Gasteiger partial charge in [0.05, 0.1) is 0 Å². The van der Waals surface area contributed by atoms with Gasteiger partial charge in [-0.3, -0.25) is 0 Å². The molecule has 0 bridgehead atoms. The zero-order valence-electron chi connectivity index (χ0n) is 14.4. The average Bonchev–Trinajstić information content (AvgIpc) is 3.08. The highest BCUT2D eigenvalue weighted by atomic mass is 16.4. The molecule has 4 rings (SSSR count). The van der Waals surface area contributed by atoms with Gasteiger partial charge in [-0.05, 0) is 62.1 Å². The van der Waals surface area contributed by atoms with Crippen molar-refractivity contribution in [3.8, 4) is 0 Å². The minimum Gasteiger partial charge on any atom is -0.440 e. The molecular weight excluding hydrogens is 300 g/mol. The number of hydrogen-bond acceptors (Lipinski definition) is 4. The first kappa shape index (κ1) is 14.9. The van der Waals surface area contributed by atoms with Gasteiger partial charge < -0.3 is 8.83 Å². The second kappa shape index (κ2) is 5.48. The molecule has 2 aromatic carbocycles. The molecule has 0 saturated carbocycles. The predicted octanol–water partition coefficient (Wildman–Crippen LogP) is 4.99. The quantitative estimate of drug-likeness (QED) is 0.534. The summed E-state index contributed by atoms with van der Waals surface area (Å²) >= 11 is 0. The van der Waals surface area contributed by atoms with Crippen molar-refractivity contribution < 1.29 is 8.83 Å². The minimum absolute atomic E-state index is 0.679. The van der Waals surface area contributed by atoms with Gasteiger partial charge >= 0.3 is 0 Å². The molecule has 0 spiro atoms. The minimum atomic E-state index is 0.679. The van der Waals surface area contributed by atoms with E-state index in [0.717, 1.165) is 45.1 Å². The molecule has 122 valence electrons. The molecule has 2 aromatic heterocycles. The van der Waals surface area contributed by atoms with Gasteiger partial charge in [0.25, 0.3) is 0 Å². The number of fused-ring (bicyclic) bond motifs is 2. The van der Waals surface area contributed by atoms with Gasteiger partial charge in [0, 0.05) is 12.8 Å². The third-order valence-corrected chi connectivity index (χ3v) is 4.28. The van der Waals surface area contributed by atoms with E-state index in [1.54, 1.807) is 0 Å². The number of oxazole rings is 2. The van der Waals surface area contributed by atoms with Gasteiger partial charge in [0.2, 0.25) is 0 Å². The number of aromatic nitrogens is 2. The molecule has 0 aliphatic carbocycles. The molecule has 0 fully saturated rings. The van der Waals surface area contributed by atoms with Crippen LogP contribution in [0.5, 0.6) is 0 Å².